The van der Waals surface area contributed by atoms with E-state index in [1.807, 2.05) is 66.2 Å². The molecule has 0 spiro atoms. The molecule has 0 aliphatic heterocycles. The van der Waals surface area contributed by atoms with Gasteiger partial charge < -0.3 is 4.98 Å². The predicted octanol–water partition coefficient (Wildman–Crippen LogP) is 3.18. The van der Waals surface area contributed by atoms with Crippen molar-refractivity contribution >= 4 is 21.8 Å². The summed E-state index contributed by atoms with van der Waals surface area (Å²) in [5.41, 5.74) is 3.27. The van der Waals surface area contributed by atoms with Crippen molar-refractivity contribution in [2.45, 2.75) is 6.92 Å². The van der Waals surface area contributed by atoms with Crippen LogP contribution in [0.1, 0.15) is 5.69 Å². The molecule has 4 heteroatoms. The van der Waals surface area contributed by atoms with Crippen molar-refractivity contribution in [2.24, 2.45) is 0 Å². The lowest BCUT2D eigenvalue weighted by atomic mass is 10.1. The number of nitrogens with zero attached hydrogens (tertiary/aromatic N) is 2. The van der Waals surface area contributed by atoms with E-state index in [0.717, 1.165) is 27.8 Å². The second kappa shape index (κ2) is 4.31. The number of nitrogens with one attached hydrogen (secondary N) is 1. The van der Waals surface area contributed by atoms with Crippen molar-refractivity contribution < 1.29 is 0 Å². The minimum Gasteiger partial charge on any atom is -0.321 e. The van der Waals surface area contributed by atoms with E-state index in [-0.39, 0.29) is 5.56 Å². The molecule has 4 nitrogen and oxygen atoms in total. The third-order valence-electron chi connectivity index (χ3n) is 3.77. The van der Waals surface area contributed by atoms with Gasteiger partial charge in [0, 0.05) is 5.39 Å². The van der Waals surface area contributed by atoms with Gasteiger partial charge in [-0.2, -0.15) is 5.10 Å². The number of aromatic nitrogens is 3. The lowest BCUT2D eigenvalue weighted by Gasteiger charge is -2.02. The number of para-hydroxylation sites is 2. The summed E-state index contributed by atoms with van der Waals surface area (Å²) in [6.07, 6.45) is 0. The molecule has 1 N–H and O–H groups in total. The van der Waals surface area contributed by atoms with Gasteiger partial charge >= 0.3 is 0 Å². The van der Waals surface area contributed by atoms with Crippen LogP contribution < -0.4 is 5.56 Å². The highest BCUT2D eigenvalue weighted by molar-refractivity contribution is 6.03. The molecule has 0 unspecified atom stereocenters. The molecule has 4 rings (SSSR count). The van der Waals surface area contributed by atoms with E-state index in [1.165, 1.54) is 0 Å². The molecule has 2 aromatic heterocycles. The van der Waals surface area contributed by atoms with Gasteiger partial charge in [0.1, 0.15) is 5.52 Å². The number of benzene rings is 2. The quantitative estimate of drug-likeness (QED) is 0.580. The van der Waals surface area contributed by atoms with Gasteiger partial charge in [-0.15, -0.1) is 0 Å². The Morgan fingerprint density at radius 3 is 2.52 bits per heavy atom. The first-order valence-electron chi connectivity index (χ1n) is 6.81. The van der Waals surface area contributed by atoms with Crippen LogP contribution in [-0.2, 0) is 0 Å². The van der Waals surface area contributed by atoms with Crippen LogP contribution in [0.2, 0.25) is 0 Å². The number of aromatic amines is 1. The molecule has 0 amide bonds. The molecule has 0 fully saturated rings. The Bertz CT molecular complexity index is 1010. The zero-order valence-electron chi connectivity index (χ0n) is 11.5. The summed E-state index contributed by atoms with van der Waals surface area (Å²) in [6.45, 7) is 1.92. The fourth-order valence-corrected chi connectivity index (χ4v) is 2.77. The molecular formula is C17H13N3O. The Morgan fingerprint density at radius 2 is 1.71 bits per heavy atom. The van der Waals surface area contributed by atoms with Crippen LogP contribution in [0.25, 0.3) is 27.5 Å². The van der Waals surface area contributed by atoms with Gasteiger partial charge in [-0.1, -0.05) is 36.4 Å². The maximum absolute atomic E-state index is 12.3. The first-order chi connectivity index (χ1) is 10.3. The molecule has 102 valence electrons. The van der Waals surface area contributed by atoms with Crippen molar-refractivity contribution in [1.29, 1.82) is 0 Å². The van der Waals surface area contributed by atoms with E-state index in [0.29, 0.717) is 5.39 Å². The average Bonchev–Trinajstić information content (AvgIpc) is 2.87. The minimum absolute atomic E-state index is 0.0941. The fraction of sp³-hybridized carbons (Fsp3) is 0.0588. The largest absolute Gasteiger partial charge is 0.321 e. The van der Waals surface area contributed by atoms with E-state index in [9.17, 15) is 4.79 Å². The zero-order chi connectivity index (χ0) is 14.4. The molecule has 0 aliphatic rings. The van der Waals surface area contributed by atoms with Crippen LogP contribution >= 0.6 is 0 Å². The summed E-state index contributed by atoms with van der Waals surface area (Å²) in [7, 11) is 0. The normalized spacial score (nSPS) is 11.3. The van der Waals surface area contributed by atoms with E-state index in [1.54, 1.807) is 0 Å². The monoisotopic (exact) mass is 275 g/mol. The number of pyridine rings is 1. The van der Waals surface area contributed by atoms with Crippen LogP contribution in [0.15, 0.2) is 59.4 Å². The van der Waals surface area contributed by atoms with E-state index in [2.05, 4.69) is 10.1 Å². The van der Waals surface area contributed by atoms with Crippen LogP contribution in [0.3, 0.4) is 0 Å². The third-order valence-corrected chi connectivity index (χ3v) is 3.77. The van der Waals surface area contributed by atoms with Crippen LogP contribution in [-0.4, -0.2) is 14.8 Å². The summed E-state index contributed by atoms with van der Waals surface area (Å²) < 4.78 is 1.83. The molecule has 0 atom stereocenters. The number of rotatable bonds is 1. The minimum atomic E-state index is -0.0941. The average molecular weight is 275 g/mol. The van der Waals surface area contributed by atoms with E-state index < -0.39 is 0 Å². The Kier molecular flexibility index (Phi) is 2.44. The Balaban J connectivity index is 2.18. The molecule has 2 heterocycles. The summed E-state index contributed by atoms with van der Waals surface area (Å²) in [5.74, 6) is 0. The molecule has 0 radical (unpaired) electrons. The highest BCUT2D eigenvalue weighted by Gasteiger charge is 2.14. The van der Waals surface area contributed by atoms with Gasteiger partial charge in [0.25, 0.3) is 5.56 Å². The predicted molar refractivity (Wildman–Crippen MR) is 83.9 cm³/mol. The Hall–Kier alpha value is -2.88. The zero-order valence-corrected chi connectivity index (χ0v) is 11.5. The molecule has 4 aromatic rings. The molecule has 0 saturated heterocycles. The van der Waals surface area contributed by atoms with Crippen molar-refractivity contribution in [3.63, 3.8) is 0 Å². The maximum atomic E-state index is 12.3. The summed E-state index contributed by atoms with van der Waals surface area (Å²) in [5, 5.41) is 6.28. The number of hydrogen-bond acceptors (Lipinski definition) is 2. The highest BCUT2D eigenvalue weighted by Crippen LogP contribution is 2.24. The first kappa shape index (κ1) is 11.9. The second-order valence-corrected chi connectivity index (χ2v) is 5.06. The van der Waals surface area contributed by atoms with Gasteiger partial charge in [-0.05, 0) is 25.1 Å². The third kappa shape index (κ3) is 1.69. The summed E-state index contributed by atoms with van der Waals surface area (Å²) in [4.78, 5) is 15.3. The molecule has 0 aliphatic carbocycles. The smallest absolute Gasteiger partial charge is 0.259 e. The maximum Gasteiger partial charge on any atom is 0.259 e. The first-order valence-corrected chi connectivity index (χ1v) is 6.81. The number of H-pyrrole nitrogens is 1. The van der Waals surface area contributed by atoms with Gasteiger partial charge in [0.05, 0.1) is 22.3 Å². The van der Waals surface area contributed by atoms with Crippen molar-refractivity contribution in [2.75, 3.05) is 0 Å². The summed E-state index contributed by atoms with van der Waals surface area (Å²) in [6, 6.07) is 17.6. The topological polar surface area (TPSA) is 50.7 Å². The number of hydrogen-bond donors (Lipinski definition) is 1. The van der Waals surface area contributed by atoms with Crippen molar-refractivity contribution in [3.8, 4) is 5.69 Å². The van der Waals surface area contributed by atoms with E-state index in [4.69, 9.17) is 0 Å². The molecule has 2 aromatic carbocycles. The summed E-state index contributed by atoms with van der Waals surface area (Å²) >= 11 is 0. The molecule has 0 saturated carbocycles. The van der Waals surface area contributed by atoms with Gasteiger partial charge in [0.15, 0.2) is 0 Å². The van der Waals surface area contributed by atoms with Crippen LogP contribution in [0.5, 0.6) is 0 Å². The Morgan fingerprint density at radius 1 is 1.00 bits per heavy atom. The fourth-order valence-electron chi connectivity index (χ4n) is 2.77. The van der Waals surface area contributed by atoms with E-state index >= 15 is 0 Å². The van der Waals surface area contributed by atoms with Gasteiger partial charge in [-0.3, -0.25) is 4.79 Å². The molecule has 0 bridgehead atoms. The van der Waals surface area contributed by atoms with Crippen LogP contribution in [0, 0.1) is 6.92 Å². The van der Waals surface area contributed by atoms with Crippen molar-refractivity contribution in [3.05, 3.63) is 70.6 Å². The van der Waals surface area contributed by atoms with Gasteiger partial charge in [0.2, 0.25) is 0 Å². The Labute approximate surface area is 120 Å². The number of aryl methyl sites for hydroxylation is 1. The SMILES string of the molecule is Cc1c2c(=O)[nH]c3ccccc3c2nn1-c1ccccc1. The standard InChI is InChI=1S/C17H13N3O/c1-11-15-16(19-20(11)12-7-3-2-4-8-12)13-9-5-6-10-14(13)18-17(15)21/h2-10H,1H3,(H,18,21). The molecular weight excluding hydrogens is 262 g/mol. The van der Waals surface area contributed by atoms with Crippen molar-refractivity contribution in [1.82, 2.24) is 14.8 Å². The lowest BCUT2D eigenvalue weighted by Crippen LogP contribution is -2.06. The second-order valence-electron chi connectivity index (χ2n) is 5.06. The molecule has 21 heavy (non-hydrogen) atoms. The highest BCUT2D eigenvalue weighted by atomic mass is 16.1. The number of fused-ring (bicyclic) bond motifs is 3. The van der Waals surface area contributed by atoms with Gasteiger partial charge in [-0.25, -0.2) is 4.68 Å². The lowest BCUT2D eigenvalue weighted by molar-refractivity contribution is 0.862. The van der Waals surface area contributed by atoms with Crippen LogP contribution in [0.4, 0.5) is 0 Å².